The fourth-order valence-corrected chi connectivity index (χ4v) is 2.50. The lowest BCUT2D eigenvalue weighted by Crippen LogP contribution is -2.31. The minimum Gasteiger partial charge on any atom is -0.333 e. The number of carbonyl (C=O) groups excluding carboxylic acids is 1. The normalized spacial score (nSPS) is 10.6. The number of nitrogens with one attached hydrogen (secondary N) is 1. The Balaban J connectivity index is 1.79. The van der Waals surface area contributed by atoms with Crippen molar-refractivity contribution < 1.29 is 9.32 Å². The van der Waals surface area contributed by atoms with Crippen molar-refractivity contribution in [1.82, 2.24) is 20.0 Å². The van der Waals surface area contributed by atoms with E-state index in [1.807, 2.05) is 38.1 Å². The van der Waals surface area contributed by atoms with Gasteiger partial charge in [-0.15, -0.1) is 0 Å². The number of amides is 1. The van der Waals surface area contributed by atoms with E-state index in [2.05, 4.69) is 19.6 Å². The summed E-state index contributed by atoms with van der Waals surface area (Å²) in [6.45, 7) is 5.07. The number of aryl methyl sites for hydroxylation is 1. The van der Waals surface area contributed by atoms with Crippen LogP contribution in [0, 0.1) is 6.92 Å². The van der Waals surface area contributed by atoms with Gasteiger partial charge in [0.25, 0.3) is 5.91 Å². The first kappa shape index (κ1) is 16.6. The number of hydrogen-bond acceptors (Lipinski definition) is 5. The molecule has 0 spiro atoms. The Labute approximate surface area is 144 Å². The first-order chi connectivity index (χ1) is 12.1. The Hall–Kier alpha value is -3.22. The number of aromatic amines is 1. The first-order valence-electron chi connectivity index (χ1n) is 7.94. The Morgan fingerprint density at radius 3 is 2.64 bits per heavy atom. The van der Waals surface area contributed by atoms with Gasteiger partial charge in [-0.1, -0.05) is 29.4 Å². The van der Waals surface area contributed by atoms with Gasteiger partial charge in [0.1, 0.15) is 5.69 Å². The number of H-pyrrole nitrogens is 1. The van der Waals surface area contributed by atoms with Gasteiger partial charge in [0, 0.05) is 24.8 Å². The van der Waals surface area contributed by atoms with Crippen LogP contribution in [0.1, 0.15) is 28.5 Å². The van der Waals surface area contributed by atoms with Crippen LogP contribution in [-0.2, 0) is 6.54 Å². The number of aromatic nitrogens is 3. The van der Waals surface area contributed by atoms with E-state index in [1.54, 1.807) is 17.0 Å². The quantitative estimate of drug-likeness (QED) is 0.771. The summed E-state index contributed by atoms with van der Waals surface area (Å²) < 4.78 is 4.47. The molecular formula is C18H18N4O3. The van der Waals surface area contributed by atoms with Crippen molar-refractivity contribution in [2.24, 2.45) is 0 Å². The summed E-state index contributed by atoms with van der Waals surface area (Å²) in [4.78, 5) is 32.1. The number of rotatable bonds is 5. The van der Waals surface area contributed by atoms with Crippen molar-refractivity contribution in [3.05, 3.63) is 70.0 Å². The lowest BCUT2D eigenvalue weighted by atomic mass is 10.1. The van der Waals surface area contributed by atoms with Crippen LogP contribution in [0.5, 0.6) is 0 Å². The van der Waals surface area contributed by atoms with Gasteiger partial charge in [-0.25, -0.2) is 4.79 Å². The Kier molecular flexibility index (Phi) is 4.74. The predicted molar refractivity (Wildman–Crippen MR) is 91.9 cm³/mol. The van der Waals surface area contributed by atoms with Crippen molar-refractivity contribution in [2.45, 2.75) is 20.4 Å². The van der Waals surface area contributed by atoms with Crippen LogP contribution in [0.25, 0.3) is 11.4 Å². The summed E-state index contributed by atoms with van der Waals surface area (Å²) in [6, 6.07) is 11.3. The van der Waals surface area contributed by atoms with Crippen molar-refractivity contribution in [1.29, 1.82) is 0 Å². The smallest absolute Gasteiger partial charge is 0.333 e. The predicted octanol–water partition coefficient (Wildman–Crippen LogP) is 2.40. The first-order valence-corrected chi connectivity index (χ1v) is 7.94. The minimum atomic E-state index is -0.634. The van der Waals surface area contributed by atoms with Gasteiger partial charge in [-0.3, -0.25) is 19.3 Å². The maximum absolute atomic E-state index is 12.7. The van der Waals surface area contributed by atoms with E-state index in [9.17, 15) is 9.59 Å². The molecule has 7 heteroatoms. The van der Waals surface area contributed by atoms with Crippen LogP contribution < -0.4 is 5.76 Å². The Bertz CT molecular complexity index is 928. The molecular weight excluding hydrogens is 320 g/mol. The third kappa shape index (κ3) is 3.65. The molecule has 3 rings (SSSR count). The second kappa shape index (κ2) is 7.12. The molecule has 25 heavy (non-hydrogen) atoms. The summed E-state index contributed by atoms with van der Waals surface area (Å²) in [5, 5.41) is 3.60. The van der Waals surface area contributed by atoms with Gasteiger partial charge in [-0.2, -0.15) is 0 Å². The molecule has 0 unspecified atom stereocenters. The van der Waals surface area contributed by atoms with Gasteiger partial charge in [0.15, 0.2) is 5.82 Å². The van der Waals surface area contributed by atoms with Crippen LogP contribution >= 0.6 is 0 Å². The number of carbonyl (C=O) groups is 1. The molecule has 0 atom stereocenters. The molecule has 2 heterocycles. The van der Waals surface area contributed by atoms with Crippen LogP contribution in [0.2, 0.25) is 0 Å². The Morgan fingerprint density at radius 1 is 1.24 bits per heavy atom. The highest BCUT2D eigenvalue weighted by atomic mass is 16.5. The van der Waals surface area contributed by atoms with Gasteiger partial charge in [0.2, 0.25) is 0 Å². The molecule has 7 nitrogen and oxygen atoms in total. The van der Waals surface area contributed by atoms with E-state index in [4.69, 9.17) is 0 Å². The molecule has 0 radical (unpaired) electrons. The molecule has 2 aromatic heterocycles. The van der Waals surface area contributed by atoms with Gasteiger partial charge >= 0.3 is 5.76 Å². The third-order valence-corrected chi connectivity index (χ3v) is 3.99. The fourth-order valence-electron chi connectivity index (χ4n) is 2.50. The lowest BCUT2D eigenvalue weighted by Gasteiger charge is -2.21. The van der Waals surface area contributed by atoms with E-state index in [1.165, 1.54) is 6.20 Å². The molecule has 0 aliphatic heterocycles. The fraction of sp³-hybridized carbons (Fsp3) is 0.222. The summed E-state index contributed by atoms with van der Waals surface area (Å²) in [5.41, 5.74) is 3.16. The molecule has 0 aliphatic carbocycles. The zero-order valence-electron chi connectivity index (χ0n) is 14.0. The van der Waals surface area contributed by atoms with Crippen LogP contribution in [0.4, 0.5) is 0 Å². The molecule has 1 N–H and O–H groups in total. The van der Waals surface area contributed by atoms with Crippen molar-refractivity contribution in [2.75, 3.05) is 6.54 Å². The number of nitrogens with zero attached hydrogens (tertiary/aromatic N) is 3. The van der Waals surface area contributed by atoms with Crippen LogP contribution in [0.15, 0.2) is 51.9 Å². The van der Waals surface area contributed by atoms with Gasteiger partial charge < -0.3 is 4.90 Å². The summed E-state index contributed by atoms with van der Waals surface area (Å²) in [6.07, 6.45) is 1.49. The average molecular weight is 338 g/mol. The molecule has 1 aromatic carbocycles. The zero-order valence-corrected chi connectivity index (χ0v) is 14.0. The van der Waals surface area contributed by atoms with Crippen LogP contribution in [0.3, 0.4) is 0 Å². The molecule has 0 aliphatic rings. The second-order valence-corrected chi connectivity index (χ2v) is 5.62. The molecule has 0 fully saturated rings. The lowest BCUT2D eigenvalue weighted by molar-refractivity contribution is 0.0746. The SMILES string of the molecule is CCN(Cc1ccccc1C)C(=O)c1ccc(-c2noc(=O)[nH]2)cn1. The Morgan fingerprint density at radius 2 is 2.04 bits per heavy atom. The van der Waals surface area contributed by atoms with E-state index >= 15 is 0 Å². The van der Waals surface area contributed by atoms with E-state index in [0.29, 0.717) is 24.3 Å². The van der Waals surface area contributed by atoms with E-state index < -0.39 is 5.76 Å². The largest absolute Gasteiger partial charge is 0.439 e. The van der Waals surface area contributed by atoms with E-state index in [-0.39, 0.29) is 11.7 Å². The third-order valence-electron chi connectivity index (χ3n) is 3.99. The highest BCUT2D eigenvalue weighted by Gasteiger charge is 2.17. The number of pyridine rings is 1. The summed E-state index contributed by atoms with van der Waals surface area (Å²) in [5.74, 6) is -0.500. The molecule has 3 aromatic rings. The molecule has 0 saturated heterocycles. The van der Waals surface area contributed by atoms with Gasteiger partial charge in [-0.05, 0) is 37.1 Å². The second-order valence-electron chi connectivity index (χ2n) is 5.62. The number of hydrogen-bond donors (Lipinski definition) is 1. The topological polar surface area (TPSA) is 92.1 Å². The summed E-state index contributed by atoms with van der Waals surface area (Å²) in [7, 11) is 0. The monoisotopic (exact) mass is 338 g/mol. The minimum absolute atomic E-state index is 0.147. The highest BCUT2D eigenvalue weighted by molar-refractivity contribution is 5.92. The van der Waals surface area contributed by atoms with Crippen molar-refractivity contribution in [3.8, 4) is 11.4 Å². The summed E-state index contributed by atoms with van der Waals surface area (Å²) >= 11 is 0. The van der Waals surface area contributed by atoms with Crippen molar-refractivity contribution in [3.63, 3.8) is 0 Å². The van der Waals surface area contributed by atoms with Crippen LogP contribution in [-0.4, -0.2) is 32.5 Å². The molecule has 1 amide bonds. The average Bonchev–Trinajstić information content (AvgIpc) is 3.07. The zero-order chi connectivity index (χ0) is 17.8. The highest BCUT2D eigenvalue weighted by Crippen LogP contribution is 2.15. The van der Waals surface area contributed by atoms with Gasteiger partial charge in [0.05, 0.1) is 0 Å². The maximum Gasteiger partial charge on any atom is 0.439 e. The molecule has 0 bridgehead atoms. The van der Waals surface area contributed by atoms with Crippen molar-refractivity contribution >= 4 is 5.91 Å². The van der Waals surface area contributed by atoms with E-state index in [0.717, 1.165) is 11.1 Å². The number of benzene rings is 1. The standard InChI is InChI=1S/C18H18N4O3/c1-3-22(11-14-7-5-4-6-12(14)2)17(23)15-9-8-13(10-19-15)16-20-18(24)25-21-16/h4-10H,3,11H2,1-2H3,(H,20,21,24). The molecule has 0 saturated carbocycles. The molecule has 128 valence electrons. The maximum atomic E-state index is 12.7.